The van der Waals surface area contributed by atoms with E-state index < -0.39 is 0 Å². The van der Waals surface area contributed by atoms with Crippen molar-refractivity contribution in [2.45, 2.75) is 56.4 Å². The monoisotopic (exact) mass is 474 g/mol. The summed E-state index contributed by atoms with van der Waals surface area (Å²) in [5.41, 5.74) is 3.85. The second-order valence-corrected chi connectivity index (χ2v) is 9.70. The summed E-state index contributed by atoms with van der Waals surface area (Å²) in [5.74, 6) is 3.31. The van der Waals surface area contributed by atoms with Gasteiger partial charge in [0.15, 0.2) is 5.16 Å². The van der Waals surface area contributed by atoms with E-state index in [0.717, 1.165) is 40.8 Å². The largest absolute Gasteiger partial charge is 0.338 e. The molecule has 5 rings (SSSR count). The van der Waals surface area contributed by atoms with Gasteiger partial charge in [-0.05, 0) is 42.5 Å². The topological polar surface area (TPSA) is 98.7 Å². The van der Waals surface area contributed by atoms with Crippen molar-refractivity contribution in [2.75, 3.05) is 5.32 Å². The maximum atomic E-state index is 11.5. The Morgan fingerprint density at radius 3 is 2.68 bits per heavy atom. The Morgan fingerprint density at radius 2 is 1.97 bits per heavy atom. The van der Waals surface area contributed by atoms with Gasteiger partial charge in [-0.2, -0.15) is 4.98 Å². The molecular formula is C25H26N6O2S. The number of aromatic nitrogens is 5. The number of anilines is 1. The van der Waals surface area contributed by atoms with Crippen LogP contribution in [0.25, 0.3) is 17.1 Å². The molecule has 34 heavy (non-hydrogen) atoms. The Kier molecular flexibility index (Phi) is 6.19. The minimum atomic E-state index is -0.107. The lowest BCUT2D eigenvalue weighted by Gasteiger charge is -2.11. The van der Waals surface area contributed by atoms with Gasteiger partial charge < -0.3 is 9.84 Å². The van der Waals surface area contributed by atoms with Crippen LogP contribution in [0.5, 0.6) is 0 Å². The average molecular weight is 475 g/mol. The number of rotatable bonds is 8. The van der Waals surface area contributed by atoms with E-state index in [2.05, 4.69) is 56.2 Å². The highest BCUT2D eigenvalue weighted by atomic mass is 32.2. The molecule has 8 nitrogen and oxygen atoms in total. The van der Waals surface area contributed by atoms with E-state index in [9.17, 15) is 4.79 Å². The zero-order chi connectivity index (χ0) is 23.7. The first kappa shape index (κ1) is 22.3. The molecule has 2 aromatic carbocycles. The molecule has 0 unspecified atom stereocenters. The summed E-state index contributed by atoms with van der Waals surface area (Å²) in [5, 5.41) is 16.7. The van der Waals surface area contributed by atoms with Crippen LogP contribution >= 0.6 is 11.8 Å². The second kappa shape index (κ2) is 9.42. The number of carbonyl (C=O) groups excluding carboxylic acids is 1. The molecule has 1 aliphatic rings. The first-order valence-corrected chi connectivity index (χ1v) is 12.4. The Balaban J connectivity index is 1.36. The first-order valence-electron chi connectivity index (χ1n) is 11.4. The molecule has 1 amide bonds. The summed E-state index contributed by atoms with van der Waals surface area (Å²) in [6, 6.07) is 16.0. The zero-order valence-corrected chi connectivity index (χ0v) is 20.2. The Hall–Kier alpha value is -3.46. The number of amides is 1. The van der Waals surface area contributed by atoms with Gasteiger partial charge in [-0.1, -0.05) is 61.1 Å². The molecule has 0 saturated heterocycles. The van der Waals surface area contributed by atoms with Crippen molar-refractivity contribution in [1.29, 1.82) is 0 Å². The predicted molar refractivity (Wildman–Crippen MR) is 131 cm³/mol. The van der Waals surface area contributed by atoms with Crippen molar-refractivity contribution < 1.29 is 9.32 Å². The Morgan fingerprint density at radius 1 is 1.18 bits per heavy atom. The molecule has 1 aliphatic carbocycles. The molecule has 0 radical (unpaired) electrons. The zero-order valence-electron chi connectivity index (χ0n) is 19.4. The maximum absolute atomic E-state index is 11.5. The highest BCUT2D eigenvalue weighted by molar-refractivity contribution is 7.98. The van der Waals surface area contributed by atoms with E-state index in [1.54, 1.807) is 0 Å². The molecular weight excluding hydrogens is 448 g/mol. The Bertz CT molecular complexity index is 1310. The van der Waals surface area contributed by atoms with Gasteiger partial charge in [0.2, 0.25) is 17.6 Å². The lowest BCUT2D eigenvalue weighted by molar-refractivity contribution is -0.114. The lowest BCUT2D eigenvalue weighted by Crippen LogP contribution is -2.07. The van der Waals surface area contributed by atoms with Gasteiger partial charge in [0.25, 0.3) is 0 Å². The van der Waals surface area contributed by atoms with Crippen molar-refractivity contribution >= 4 is 23.4 Å². The van der Waals surface area contributed by atoms with Crippen LogP contribution in [0.2, 0.25) is 0 Å². The third kappa shape index (κ3) is 4.89. The van der Waals surface area contributed by atoms with Crippen LogP contribution in [-0.4, -0.2) is 30.8 Å². The van der Waals surface area contributed by atoms with Gasteiger partial charge in [0.1, 0.15) is 5.82 Å². The number of hydrogen-bond acceptors (Lipinski definition) is 7. The number of hydrogen-bond donors (Lipinski definition) is 1. The van der Waals surface area contributed by atoms with Crippen LogP contribution in [0.4, 0.5) is 5.69 Å². The van der Waals surface area contributed by atoms with E-state index in [1.165, 1.54) is 24.2 Å². The van der Waals surface area contributed by atoms with Crippen LogP contribution in [0, 0.1) is 0 Å². The van der Waals surface area contributed by atoms with Gasteiger partial charge in [0.05, 0.1) is 11.4 Å². The summed E-state index contributed by atoms with van der Waals surface area (Å²) < 4.78 is 7.57. The molecule has 0 atom stereocenters. The van der Waals surface area contributed by atoms with Crippen LogP contribution in [0.1, 0.15) is 62.7 Å². The molecule has 4 aromatic rings. The number of benzene rings is 2. The molecule has 1 N–H and O–H groups in total. The van der Waals surface area contributed by atoms with Crippen molar-refractivity contribution in [1.82, 2.24) is 24.9 Å². The van der Waals surface area contributed by atoms with E-state index in [1.807, 2.05) is 36.4 Å². The SMILES string of the molecule is CC(=O)Nc1cccc(-n2c(SCc3nc(-c4ccc(C(C)C)cc4)no3)nnc2C2CC2)c1. The second-order valence-electron chi connectivity index (χ2n) is 8.76. The molecule has 0 spiro atoms. The summed E-state index contributed by atoms with van der Waals surface area (Å²) in [4.78, 5) is 16.1. The summed E-state index contributed by atoms with van der Waals surface area (Å²) in [6.07, 6.45) is 2.22. The van der Waals surface area contributed by atoms with Crippen LogP contribution in [0.15, 0.2) is 58.2 Å². The number of carbonyl (C=O) groups is 1. The van der Waals surface area contributed by atoms with Crippen LogP contribution in [0.3, 0.4) is 0 Å². The van der Waals surface area contributed by atoms with Gasteiger partial charge in [-0.3, -0.25) is 9.36 Å². The van der Waals surface area contributed by atoms with E-state index in [4.69, 9.17) is 4.52 Å². The van der Waals surface area contributed by atoms with Gasteiger partial charge in [0, 0.05) is 24.1 Å². The minimum absolute atomic E-state index is 0.107. The van der Waals surface area contributed by atoms with Crippen molar-refractivity contribution in [3.8, 4) is 17.1 Å². The van der Waals surface area contributed by atoms with E-state index in [0.29, 0.717) is 29.3 Å². The summed E-state index contributed by atoms with van der Waals surface area (Å²) in [7, 11) is 0. The standard InChI is InChI=1S/C25H26N6O2S/c1-15(2)17-7-9-18(10-8-17)23-27-22(33-30-23)14-34-25-29-28-24(19-11-12-19)31(25)21-6-4-5-20(13-21)26-16(3)32/h4-10,13,15,19H,11-12,14H2,1-3H3,(H,26,32). The molecule has 2 heterocycles. The van der Waals surface area contributed by atoms with E-state index in [-0.39, 0.29) is 5.91 Å². The van der Waals surface area contributed by atoms with Gasteiger partial charge >= 0.3 is 0 Å². The molecule has 2 aromatic heterocycles. The summed E-state index contributed by atoms with van der Waals surface area (Å²) in [6.45, 7) is 5.84. The lowest BCUT2D eigenvalue weighted by atomic mass is 10.0. The minimum Gasteiger partial charge on any atom is -0.338 e. The number of nitrogens with one attached hydrogen (secondary N) is 1. The first-order chi connectivity index (χ1) is 16.5. The number of thioether (sulfide) groups is 1. The Labute approximate surface area is 202 Å². The highest BCUT2D eigenvalue weighted by Gasteiger charge is 2.31. The van der Waals surface area contributed by atoms with Crippen molar-refractivity contribution in [3.63, 3.8) is 0 Å². The molecule has 9 heteroatoms. The fourth-order valence-corrected chi connectivity index (χ4v) is 4.52. The van der Waals surface area contributed by atoms with Crippen molar-refractivity contribution in [3.05, 3.63) is 65.8 Å². The average Bonchev–Trinajstić information content (AvgIpc) is 3.40. The van der Waals surface area contributed by atoms with Gasteiger partial charge in [-0.15, -0.1) is 10.2 Å². The van der Waals surface area contributed by atoms with Crippen LogP contribution in [-0.2, 0) is 10.5 Å². The highest BCUT2D eigenvalue weighted by Crippen LogP contribution is 2.41. The fraction of sp³-hybridized carbons (Fsp3) is 0.320. The molecule has 1 saturated carbocycles. The third-order valence-corrected chi connectivity index (χ3v) is 6.57. The molecule has 1 fully saturated rings. The quantitative estimate of drug-likeness (QED) is 0.333. The molecule has 0 aliphatic heterocycles. The maximum Gasteiger partial charge on any atom is 0.237 e. The molecule has 174 valence electrons. The van der Waals surface area contributed by atoms with Gasteiger partial charge in [-0.25, -0.2) is 0 Å². The fourth-order valence-electron chi connectivity index (χ4n) is 3.72. The third-order valence-electron chi connectivity index (χ3n) is 5.65. The predicted octanol–water partition coefficient (Wildman–Crippen LogP) is 5.57. The number of nitrogens with zero attached hydrogens (tertiary/aromatic N) is 5. The normalized spacial score (nSPS) is 13.4. The smallest absolute Gasteiger partial charge is 0.237 e. The van der Waals surface area contributed by atoms with Crippen molar-refractivity contribution in [2.24, 2.45) is 0 Å². The molecule has 0 bridgehead atoms. The summed E-state index contributed by atoms with van der Waals surface area (Å²) >= 11 is 1.50. The van der Waals surface area contributed by atoms with Crippen LogP contribution < -0.4 is 5.32 Å². The van der Waals surface area contributed by atoms with E-state index >= 15 is 0 Å².